The molecule has 1 aliphatic carbocycles. The van der Waals surface area contributed by atoms with Crippen molar-refractivity contribution in [3.05, 3.63) is 29.3 Å². The highest BCUT2D eigenvalue weighted by Gasteiger charge is 2.15. The molecule has 1 aromatic carbocycles. The average molecular weight is 233 g/mol. The van der Waals surface area contributed by atoms with Gasteiger partial charge in [-0.2, -0.15) is 0 Å². The molecule has 92 valence electrons. The van der Waals surface area contributed by atoms with Crippen LogP contribution in [0.15, 0.2) is 18.2 Å². The van der Waals surface area contributed by atoms with E-state index >= 15 is 0 Å². The summed E-state index contributed by atoms with van der Waals surface area (Å²) in [5.74, 6) is 0.431. The van der Waals surface area contributed by atoms with E-state index in [0.29, 0.717) is 5.75 Å². The van der Waals surface area contributed by atoms with Crippen molar-refractivity contribution in [2.24, 2.45) is 0 Å². The Bertz CT molecular complexity index is 415. The predicted molar refractivity (Wildman–Crippen MR) is 67.2 cm³/mol. The van der Waals surface area contributed by atoms with E-state index in [2.05, 4.69) is 11.4 Å². The molecule has 0 amide bonds. The Morgan fingerprint density at radius 3 is 2.71 bits per heavy atom. The van der Waals surface area contributed by atoms with Gasteiger partial charge in [0.25, 0.3) is 0 Å². The van der Waals surface area contributed by atoms with Gasteiger partial charge in [0.05, 0.1) is 0 Å². The molecule has 0 radical (unpaired) electrons. The minimum Gasteiger partial charge on any atom is -0.425 e. The summed E-state index contributed by atoms with van der Waals surface area (Å²) in [6.07, 6.45) is 4.75. The number of nitrogens with one attached hydrogen (secondary N) is 1. The largest absolute Gasteiger partial charge is 0.425 e. The topological polar surface area (TPSA) is 38.3 Å². The van der Waals surface area contributed by atoms with E-state index in [1.54, 1.807) is 14.0 Å². The third-order valence-electron chi connectivity index (χ3n) is 3.32. The molecule has 0 heterocycles. The van der Waals surface area contributed by atoms with Gasteiger partial charge in [0, 0.05) is 0 Å². The van der Waals surface area contributed by atoms with Crippen molar-refractivity contribution in [1.82, 2.24) is 5.32 Å². The van der Waals surface area contributed by atoms with Crippen molar-refractivity contribution >= 4 is 5.97 Å². The number of likely N-dealkylation sites (N-methyl/N-ethyl adjacent to an activating group) is 1. The fourth-order valence-electron chi connectivity index (χ4n) is 2.10. The normalized spacial score (nSPS) is 16.1. The zero-order valence-corrected chi connectivity index (χ0v) is 10.5. The van der Waals surface area contributed by atoms with Crippen molar-refractivity contribution < 1.29 is 9.53 Å². The number of benzene rings is 1. The van der Waals surface area contributed by atoms with E-state index in [0.717, 1.165) is 12.8 Å². The number of fused-ring (bicyclic) bond motifs is 1. The lowest BCUT2D eigenvalue weighted by Gasteiger charge is -2.17. The second-order valence-electron chi connectivity index (χ2n) is 4.57. The first-order chi connectivity index (χ1) is 8.20. The maximum Gasteiger partial charge on any atom is 0.328 e. The van der Waals surface area contributed by atoms with Crippen molar-refractivity contribution in [1.29, 1.82) is 0 Å². The van der Waals surface area contributed by atoms with Gasteiger partial charge in [-0.05, 0) is 62.9 Å². The molecule has 0 saturated carbocycles. The van der Waals surface area contributed by atoms with Crippen LogP contribution >= 0.6 is 0 Å². The van der Waals surface area contributed by atoms with Crippen LogP contribution in [0.3, 0.4) is 0 Å². The van der Waals surface area contributed by atoms with Crippen LogP contribution in [-0.2, 0) is 17.6 Å². The summed E-state index contributed by atoms with van der Waals surface area (Å²) in [5.41, 5.74) is 2.73. The van der Waals surface area contributed by atoms with Gasteiger partial charge in [0.1, 0.15) is 11.8 Å². The van der Waals surface area contributed by atoms with Crippen LogP contribution in [-0.4, -0.2) is 19.1 Å². The Labute approximate surface area is 102 Å². The van der Waals surface area contributed by atoms with Gasteiger partial charge in [0.15, 0.2) is 0 Å². The maximum absolute atomic E-state index is 11.6. The van der Waals surface area contributed by atoms with Crippen molar-refractivity contribution in [2.45, 2.75) is 38.6 Å². The van der Waals surface area contributed by atoms with Gasteiger partial charge in [-0.1, -0.05) is 6.07 Å². The number of carbonyl (C=O) groups excluding carboxylic acids is 1. The number of esters is 1. The quantitative estimate of drug-likeness (QED) is 0.641. The number of carbonyl (C=O) groups is 1. The summed E-state index contributed by atoms with van der Waals surface area (Å²) in [6.45, 7) is 1.79. The maximum atomic E-state index is 11.6. The molecule has 0 bridgehead atoms. The van der Waals surface area contributed by atoms with E-state index in [-0.39, 0.29) is 12.0 Å². The Morgan fingerprint density at radius 2 is 2.00 bits per heavy atom. The molecular formula is C14H19NO2. The SMILES string of the molecule is CN[C@@H](C)C(=O)Oc1ccc2c(c1)CCCC2. The third kappa shape index (κ3) is 2.86. The van der Waals surface area contributed by atoms with Crippen LogP contribution in [0.1, 0.15) is 30.9 Å². The Kier molecular flexibility index (Phi) is 3.79. The van der Waals surface area contributed by atoms with Crippen LogP contribution in [0.25, 0.3) is 0 Å². The van der Waals surface area contributed by atoms with Crippen molar-refractivity contribution in [2.75, 3.05) is 7.05 Å². The molecule has 1 N–H and O–H groups in total. The molecule has 1 aromatic rings. The van der Waals surface area contributed by atoms with Crippen LogP contribution < -0.4 is 10.1 Å². The lowest BCUT2D eigenvalue weighted by molar-refractivity contribution is -0.136. The zero-order valence-electron chi connectivity index (χ0n) is 10.5. The first kappa shape index (κ1) is 12.1. The summed E-state index contributed by atoms with van der Waals surface area (Å²) in [5, 5.41) is 2.87. The second-order valence-corrected chi connectivity index (χ2v) is 4.57. The summed E-state index contributed by atoms with van der Waals surface area (Å²) in [7, 11) is 1.75. The number of hydrogen-bond acceptors (Lipinski definition) is 3. The first-order valence-corrected chi connectivity index (χ1v) is 6.21. The highest BCUT2D eigenvalue weighted by Crippen LogP contribution is 2.25. The van der Waals surface area contributed by atoms with Gasteiger partial charge in [-0.3, -0.25) is 0 Å². The van der Waals surface area contributed by atoms with Gasteiger partial charge in [-0.15, -0.1) is 0 Å². The van der Waals surface area contributed by atoms with Gasteiger partial charge in [0.2, 0.25) is 0 Å². The summed E-state index contributed by atoms with van der Waals surface area (Å²) < 4.78 is 5.33. The molecular weight excluding hydrogens is 214 g/mol. The molecule has 0 unspecified atom stereocenters. The van der Waals surface area contributed by atoms with E-state index < -0.39 is 0 Å². The van der Waals surface area contributed by atoms with E-state index in [1.165, 1.54) is 24.0 Å². The first-order valence-electron chi connectivity index (χ1n) is 6.21. The predicted octanol–water partition coefficient (Wildman–Crippen LogP) is 2.08. The van der Waals surface area contributed by atoms with Crippen LogP contribution in [0.5, 0.6) is 5.75 Å². The number of aryl methyl sites for hydroxylation is 2. The highest BCUT2D eigenvalue weighted by molar-refractivity contribution is 5.77. The highest BCUT2D eigenvalue weighted by atomic mass is 16.5. The van der Waals surface area contributed by atoms with E-state index in [9.17, 15) is 4.79 Å². The molecule has 1 aliphatic rings. The average Bonchev–Trinajstić information content (AvgIpc) is 2.37. The molecule has 0 aliphatic heterocycles. The number of rotatable bonds is 3. The fraction of sp³-hybridized carbons (Fsp3) is 0.500. The molecule has 0 saturated heterocycles. The Morgan fingerprint density at radius 1 is 1.29 bits per heavy atom. The minimum atomic E-state index is -0.272. The molecule has 3 heteroatoms. The van der Waals surface area contributed by atoms with Crippen molar-refractivity contribution in [3.63, 3.8) is 0 Å². The van der Waals surface area contributed by atoms with Crippen LogP contribution in [0.4, 0.5) is 0 Å². The van der Waals surface area contributed by atoms with Crippen molar-refractivity contribution in [3.8, 4) is 5.75 Å². The lowest BCUT2D eigenvalue weighted by Crippen LogP contribution is -2.34. The molecule has 2 rings (SSSR count). The Balaban J connectivity index is 2.09. The summed E-state index contributed by atoms with van der Waals surface area (Å²) >= 11 is 0. The second kappa shape index (κ2) is 5.32. The Hall–Kier alpha value is -1.35. The van der Waals surface area contributed by atoms with Gasteiger partial charge >= 0.3 is 5.97 Å². The van der Waals surface area contributed by atoms with Crippen LogP contribution in [0.2, 0.25) is 0 Å². The molecule has 0 spiro atoms. The molecule has 0 fully saturated rings. The third-order valence-corrected chi connectivity index (χ3v) is 3.32. The minimum absolute atomic E-state index is 0.233. The fourth-order valence-corrected chi connectivity index (χ4v) is 2.10. The zero-order chi connectivity index (χ0) is 12.3. The standard InChI is InChI=1S/C14H19NO2/c1-10(15-2)14(16)17-13-8-7-11-5-3-4-6-12(11)9-13/h7-10,15H,3-6H2,1-2H3/t10-/m0/s1. The number of hydrogen-bond donors (Lipinski definition) is 1. The molecule has 0 aromatic heterocycles. The molecule has 17 heavy (non-hydrogen) atoms. The molecule has 1 atom stereocenters. The van der Waals surface area contributed by atoms with Gasteiger partial charge in [-0.25, -0.2) is 4.79 Å². The smallest absolute Gasteiger partial charge is 0.328 e. The summed E-state index contributed by atoms with van der Waals surface area (Å²) in [4.78, 5) is 11.6. The lowest BCUT2D eigenvalue weighted by atomic mass is 9.92. The monoisotopic (exact) mass is 233 g/mol. The summed E-state index contributed by atoms with van der Waals surface area (Å²) in [6, 6.07) is 5.71. The van der Waals surface area contributed by atoms with Crippen LogP contribution in [0, 0.1) is 0 Å². The van der Waals surface area contributed by atoms with E-state index in [1.807, 2.05) is 12.1 Å². The number of ether oxygens (including phenoxy) is 1. The van der Waals surface area contributed by atoms with Gasteiger partial charge < -0.3 is 10.1 Å². The molecule has 3 nitrogen and oxygen atoms in total. The van der Waals surface area contributed by atoms with E-state index in [4.69, 9.17) is 4.74 Å².